The molecule has 0 bridgehead atoms. The molecule has 0 heterocycles. The molecule has 0 aliphatic rings. The molecular weight excluding hydrogens is 475 g/mol. The molecule has 0 aliphatic carbocycles. The summed E-state index contributed by atoms with van der Waals surface area (Å²) in [6, 6.07) is 15.8. The standard InChI is InChI=1S/C25H27FN2O6S/c1-32-19-11-9-17(10-12-19)15-27-25(29)20-13-23(33-2)24(34-3)14-22(20)28(35(4,30)31)16-18-7-5-6-8-21(18)26/h5-14H,15-16H2,1-4H3,(H,27,29). The van der Waals surface area contributed by atoms with Gasteiger partial charge in [-0.3, -0.25) is 9.10 Å². The lowest BCUT2D eigenvalue weighted by atomic mass is 10.1. The predicted octanol–water partition coefficient (Wildman–Crippen LogP) is 3.75. The summed E-state index contributed by atoms with van der Waals surface area (Å²) in [5, 5.41) is 2.79. The van der Waals surface area contributed by atoms with Gasteiger partial charge in [-0.2, -0.15) is 0 Å². The zero-order valence-electron chi connectivity index (χ0n) is 19.9. The maximum atomic E-state index is 14.4. The third kappa shape index (κ3) is 6.21. The maximum absolute atomic E-state index is 14.4. The van der Waals surface area contributed by atoms with Gasteiger partial charge >= 0.3 is 0 Å². The monoisotopic (exact) mass is 502 g/mol. The Balaban J connectivity index is 2.03. The van der Waals surface area contributed by atoms with Crippen LogP contribution in [0.25, 0.3) is 0 Å². The number of nitrogens with zero attached hydrogens (tertiary/aromatic N) is 1. The second-order valence-electron chi connectivity index (χ2n) is 7.62. The molecule has 8 nitrogen and oxygen atoms in total. The van der Waals surface area contributed by atoms with Crippen LogP contribution >= 0.6 is 0 Å². The summed E-state index contributed by atoms with van der Waals surface area (Å²) in [5.74, 6) is 0.0341. The van der Waals surface area contributed by atoms with E-state index in [2.05, 4.69) is 5.32 Å². The number of amides is 1. The Bertz CT molecular complexity index is 1300. The van der Waals surface area contributed by atoms with E-state index in [1.807, 2.05) is 0 Å². The molecule has 3 aromatic carbocycles. The van der Waals surface area contributed by atoms with Crippen molar-refractivity contribution in [3.8, 4) is 17.2 Å². The molecule has 1 amide bonds. The molecular formula is C25H27FN2O6S. The Morgan fingerprint density at radius 2 is 1.57 bits per heavy atom. The van der Waals surface area contributed by atoms with Gasteiger partial charge in [0.05, 0.1) is 45.4 Å². The smallest absolute Gasteiger partial charge is 0.253 e. The van der Waals surface area contributed by atoms with E-state index in [4.69, 9.17) is 14.2 Å². The molecule has 0 aliphatic heterocycles. The topological polar surface area (TPSA) is 94.2 Å². The number of methoxy groups -OCH3 is 3. The van der Waals surface area contributed by atoms with Crippen molar-refractivity contribution in [2.45, 2.75) is 13.1 Å². The van der Waals surface area contributed by atoms with Crippen LogP contribution in [0.15, 0.2) is 60.7 Å². The summed E-state index contributed by atoms with van der Waals surface area (Å²) >= 11 is 0. The minimum atomic E-state index is -3.93. The van der Waals surface area contributed by atoms with E-state index in [9.17, 15) is 17.6 Å². The van der Waals surface area contributed by atoms with Crippen LogP contribution in [0.5, 0.6) is 17.2 Å². The Hall–Kier alpha value is -3.79. The highest BCUT2D eigenvalue weighted by Gasteiger charge is 2.27. The number of rotatable bonds is 10. The van der Waals surface area contributed by atoms with E-state index in [1.165, 1.54) is 44.6 Å². The average molecular weight is 503 g/mol. The first-order valence-corrected chi connectivity index (χ1v) is 12.4. The average Bonchev–Trinajstić information content (AvgIpc) is 2.85. The van der Waals surface area contributed by atoms with Crippen molar-refractivity contribution in [2.24, 2.45) is 0 Å². The van der Waals surface area contributed by atoms with Crippen LogP contribution in [0, 0.1) is 5.82 Å². The normalized spacial score (nSPS) is 11.0. The maximum Gasteiger partial charge on any atom is 0.253 e. The van der Waals surface area contributed by atoms with Crippen LogP contribution in [0.1, 0.15) is 21.5 Å². The summed E-state index contributed by atoms with van der Waals surface area (Å²) < 4.78 is 56.8. The molecule has 0 spiro atoms. The summed E-state index contributed by atoms with van der Waals surface area (Å²) in [4.78, 5) is 13.3. The second kappa shape index (κ2) is 11.1. The predicted molar refractivity (Wildman–Crippen MR) is 131 cm³/mol. The van der Waals surface area contributed by atoms with Gasteiger partial charge in [-0.15, -0.1) is 0 Å². The highest BCUT2D eigenvalue weighted by molar-refractivity contribution is 7.92. The zero-order valence-corrected chi connectivity index (χ0v) is 20.7. The number of anilines is 1. The lowest BCUT2D eigenvalue weighted by Crippen LogP contribution is -2.33. The minimum absolute atomic E-state index is 0.0259. The fraction of sp³-hybridized carbons (Fsp3) is 0.240. The summed E-state index contributed by atoms with van der Waals surface area (Å²) in [5.41, 5.74) is 1.02. The Kier molecular flexibility index (Phi) is 8.18. The van der Waals surface area contributed by atoms with E-state index in [0.29, 0.717) is 5.75 Å². The van der Waals surface area contributed by atoms with Gasteiger partial charge in [0.25, 0.3) is 5.91 Å². The molecule has 0 aromatic heterocycles. The molecule has 1 N–H and O–H groups in total. The van der Waals surface area contributed by atoms with Crippen LogP contribution in [0.3, 0.4) is 0 Å². The first-order chi connectivity index (χ1) is 16.7. The molecule has 0 unspecified atom stereocenters. The van der Waals surface area contributed by atoms with Crippen LogP contribution in [-0.4, -0.2) is 41.9 Å². The van der Waals surface area contributed by atoms with Gasteiger partial charge in [-0.25, -0.2) is 12.8 Å². The number of hydrogen-bond acceptors (Lipinski definition) is 6. The fourth-order valence-corrected chi connectivity index (χ4v) is 4.32. The molecule has 0 atom stereocenters. The number of nitrogens with one attached hydrogen (secondary N) is 1. The van der Waals surface area contributed by atoms with Gasteiger partial charge in [-0.05, 0) is 29.8 Å². The third-order valence-corrected chi connectivity index (χ3v) is 6.43. The van der Waals surface area contributed by atoms with Gasteiger partial charge in [0.1, 0.15) is 11.6 Å². The van der Waals surface area contributed by atoms with Crippen LogP contribution in [0.2, 0.25) is 0 Å². The summed E-state index contributed by atoms with van der Waals surface area (Å²) in [6.45, 7) is -0.136. The third-order valence-electron chi connectivity index (χ3n) is 5.30. The zero-order chi connectivity index (χ0) is 25.6. The molecule has 0 saturated carbocycles. The van der Waals surface area contributed by atoms with Crippen LogP contribution in [0.4, 0.5) is 10.1 Å². The first kappa shape index (κ1) is 25.8. The molecule has 0 fully saturated rings. The van der Waals surface area contributed by atoms with Crippen molar-refractivity contribution >= 4 is 21.6 Å². The number of benzene rings is 3. The van der Waals surface area contributed by atoms with Crippen molar-refractivity contribution in [3.05, 3.63) is 83.2 Å². The van der Waals surface area contributed by atoms with Crippen LogP contribution < -0.4 is 23.8 Å². The minimum Gasteiger partial charge on any atom is -0.497 e. The van der Waals surface area contributed by atoms with Gasteiger partial charge in [0, 0.05) is 18.2 Å². The molecule has 0 radical (unpaired) electrons. The first-order valence-electron chi connectivity index (χ1n) is 10.6. The van der Waals surface area contributed by atoms with E-state index < -0.39 is 21.7 Å². The van der Waals surface area contributed by atoms with Gasteiger partial charge in [0.15, 0.2) is 11.5 Å². The molecule has 3 aromatic rings. The van der Waals surface area contributed by atoms with Crippen molar-refractivity contribution in [1.82, 2.24) is 5.32 Å². The summed E-state index contributed by atoms with van der Waals surface area (Å²) in [7, 11) is 0.430. The van der Waals surface area contributed by atoms with Gasteiger partial charge in [0.2, 0.25) is 10.0 Å². The lowest BCUT2D eigenvalue weighted by Gasteiger charge is -2.26. The fourth-order valence-electron chi connectivity index (χ4n) is 3.44. The number of halogens is 1. The Morgan fingerprint density at radius 1 is 0.943 bits per heavy atom. The molecule has 3 rings (SSSR count). The summed E-state index contributed by atoms with van der Waals surface area (Å²) in [6.07, 6.45) is 0.990. The number of carbonyl (C=O) groups is 1. The molecule has 186 valence electrons. The second-order valence-corrected chi connectivity index (χ2v) is 9.52. The van der Waals surface area contributed by atoms with Crippen LogP contribution in [-0.2, 0) is 23.1 Å². The van der Waals surface area contributed by atoms with E-state index in [-0.39, 0.29) is 41.4 Å². The SMILES string of the molecule is COc1ccc(CNC(=O)c2cc(OC)c(OC)cc2N(Cc2ccccc2F)S(C)(=O)=O)cc1. The van der Waals surface area contributed by atoms with E-state index in [0.717, 1.165) is 16.1 Å². The van der Waals surface area contributed by atoms with E-state index in [1.54, 1.807) is 37.4 Å². The quantitative estimate of drug-likeness (QED) is 0.454. The van der Waals surface area contributed by atoms with Gasteiger partial charge in [-0.1, -0.05) is 30.3 Å². The van der Waals surface area contributed by atoms with Crippen molar-refractivity contribution in [2.75, 3.05) is 31.9 Å². The van der Waals surface area contributed by atoms with Crippen molar-refractivity contribution in [1.29, 1.82) is 0 Å². The highest BCUT2D eigenvalue weighted by atomic mass is 32.2. The lowest BCUT2D eigenvalue weighted by molar-refractivity contribution is 0.0951. The van der Waals surface area contributed by atoms with Crippen molar-refractivity contribution in [3.63, 3.8) is 0 Å². The van der Waals surface area contributed by atoms with E-state index >= 15 is 0 Å². The molecule has 10 heteroatoms. The number of ether oxygens (including phenoxy) is 3. The largest absolute Gasteiger partial charge is 0.497 e. The number of carbonyl (C=O) groups excluding carboxylic acids is 1. The highest BCUT2D eigenvalue weighted by Crippen LogP contribution is 2.37. The molecule has 0 saturated heterocycles. The number of sulfonamides is 1. The number of hydrogen-bond donors (Lipinski definition) is 1. The Morgan fingerprint density at radius 3 is 2.14 bits per heavy atom. The van der Waals surface area contributed by atoms with Crippen molar-refractivity contribution < 1.29 is 31.8 Å². The Labute approximate surface area is 204 Å². The van der Waals surface area contributed by atoms with Gasteiger partial charge < -0.3 is 19.5 Å². The molecule has 35 heavy (non-hydrogen) atoms.